The number of nitrogens with one attached hydrogen (secondary N) is 1. The quantitative estimate of drug-likeness (QED) is 0.868. The van der Waals surface area contributed by atoms with E-state index in [4.69, 9.17) is 0 Å². The first-order chi connectivity index (χ1) is 8.04. The second kappa shape index (κ2) is 7.14. The summed E-state index contributed by atoms with van der Waals surface area (Å²) in [4.78, 5) is 2.32. The molecule has 0 radical (unpaired) electrons. The molecule has 0 spiro atoms. The number of hydrogen-bond acceptors (Lipinski definition) is 2. The van der Waals surface area contributed by atoms with Gasteiger partial charge in [0.15, 0.2) is 0 Å². The van der Waals surface area contributed by atoms with Crippen molar-refractivity contribution in [3.05, 3.63) is 33.8 Å². The van der Waals surface area contributed by atoms with Crippen LogP contribution in [0.25, 0.3) is 0 Å². The molecular formula is C14H23BrN2. The van der Waals surface area contributed by atoms with Crippen LogP contribution in [0.4, 0.5) is 0 Å². The SMILES string of the molecule is CCN(C)CC(C)NCc1cccc(Br)c1C. The lowest BCUT2D eigenvalue weighted by Crippen LogP contribution is -2.37. The van der Waals surface area contributed by atoms with E-state index in [2.05, 4.69) is 72.2 Å². The van der Waals surface area contributed by atoms with Crippen LogP contribution in [-0.2, 0) is 6.54 Å². The minimum absolute atomic E-state index is 0.512. The molecule has 0 heterocycles. The first kappa shape index (κ1) is 14.7. The Morgan fingerprint density at radius 3 is 2.76 bits per heavy atom. The van der Waals surface area contributed by atoms with Crippen molar-refractivity contribution >= 4 is 15.9 Å². The summed E-state index contributed by atoms with van der Waals surface area (Å²) in [6, 6.07) is 6.88. The van der Waals surface area contributed by atoms with Gasteiger partial charge in [0.25, 0.3) is 0 Å². The third-order valence-electron chi connectivity index (χ3n) is 3.15. The maximum atomic E-state index is 3.57. The van der Waals surface area contributed by atoms with E-state index in [1.165, 1.54) is 15.6 Å². The minimum Gasteiger partial charge on any atom is -0.309 e. The van der Waals surface area contributed by atoms with E-state index in [1.54, 1.807) is 0 Å². The van der Waals surface area contributed by atoms with Gasteiger partial charge in [0, 0.05) is 23.6 Å². The summed E-state index contributed by atoms with van der Waals surface area (Å²) in [6.07, 6.45) is 0. The summed E-state index contributed by atoms with van der Waals surface area (Å²) in [6.45, 7) is 9.70. The molecule has 0 aliphatic rings. The molecule has 0 amide bonds. The molecule has 1 rings (SSSR count). The van der Waals surface area contributed by atoms with Gasteiger partial charge in [-0.2, -0.15) is 0 Å². The smallest absolute Gasteiger partial charge is 0.0211 e. The van der Waals surface area contributed by atoms with Crippen molar-refractivity contribution in [3.8, 4) is 0 Å². The Morgan fingerprint density at radius 2 is 2.12 bits per heavy atom. The molecule has 0 aliphatic carbocycles. The normalized spacial score (nSPS) is 13.1. The number of nitrogens with zero attached hydrogens (tertiary/aromatic N) is 1. The molecule has 3 heteroatoms. The van der Waals surface area contributed by atoms with Gasteiger partial charge in [-0.1, -0.05) is 35.0 Å². The van der Waals surface area contributed by atoms with Crippen LogP contribution >= 0.6 is 15.9 Å². The molecule has 17 heavy (non-hydrogen) atoms. The van der Waals surface area contributed by atoms with Gasteiger partial charge in [-0.3, -0.25) is 0 Å². The monoisotopic (exact) mass is 298 g/mol. The maximum Gasteiger partial charge on any atom is 0.0211 e. The fourth-order valence-electron chi connectivity index (χ4n) is 1.79. The lowest BCUT2D eigenvalue weighted by Gasteiger charge is -2.21. The van der Waals surface area contributed by atoms with Crippen molar-refractivity contribution < 1.29 is 0 Å². The Balaban J connectivity index is 2.47. The number of hydrogen-bond donors (Lipinski definition) is 1. The molecule has 96 valence electrons. The zero-order valence-electron chi connectivity index (χ0n) is 11.3. The van der Waals surface area contributed by atoms with Crippen LogP contribution in [-0.4, -0.2) is 31.1 Å². The Kier molecular flexibility index (Phi) is 6.17. The minimum atomic E-state index is 0.512. The van der Waals surface area contributed by atoms with Crippen LogP contribution in [0.15, 0.2) is 22.7 Å². The third kappa shape index (κ3) is 4.78. The van der Waals surface area contributed by atoms with Crippen molar-refractivity contribution in [2.75, 3.05) is 20.1 Å². The van der Waals surface area contributed by atoms with Crippen molar-refractivity contribution in [1.29, 1.82) is 0 Å². The highest BCUT2D eigenvalue weighted by atomic mass is 79.9. The van der Waals surface area contributed by atoms with Crippen molar-refractivity contribution in [2.45, 2.75) is 33.4 Å². The molecule has 1 aromatic carbocycles. The summed E-state index contributed by atoms with van der Waals surface area (Å²) in [5.41, 5.74) is 2.70. The van der Waals surface area contributed by atoms with Crippen LogP contribution in [0.5, 0.6) is 0 Å². The van der Waals surface area contributed by atoms with Gasteiger partial charge in [-0.25, -0.2) is 0 Å². The van der Waals surface area contributed by atoms with Gasteiger partial charge in [-0.15, -0.1) is 0 Å². The van der Waals surface area contributed by atoms with Crippen LogP contribution in [0.3, 0.4) is 0 Å². The molecule has 1 aromatic rings. The van der Waals surface area contributed by atoms with Crippen LogP contribution in [0.2, 0.25) is 0 Å². The molecule has 2 nitrogen and oxygen atoms in total. The van der Waals surface area contributed by atoms with Gasteiger partial charge in [-0.05, 0) is 44.6 Å². The third-order valence-corrected chi connectivity index (χ3v) is 4.01. The average Bonchev–Trinajstić information content (AvgIpc) is 2.31. The Hall–Kier alpha value is -0.380. The Bertz CT molecular complexity index is 352. The molecule has 0 aliphatic heterocycles. The predicted molar refractivity (Wildman–Crippen MR) is 78.4 cm³/mol. The molecule has 0 saturated heterocycles. The van der Waals surface area contributed by atoms with Gasteiger partial charge in [0.05, 0.1) is 0 Å². The summed E-state index contributed by atoms with van der Waals surface area (Å²) in [5, 5.41) is 3.57. The summed E-state index contributed by atoms with van der Waals surface area (Å²) >= 11 is 3.57. The molecule has 1 N–H and O–H groups in total. The number of benzene rings is 1. The molecule has 1 unspecified atom stereocenters. The molecule has 0 bridgehead atoms. The molecule has 1 atom stereocenters. The fourth-order valence-corrected chi connectivity index (χ4v) is 2.20. The highest BCUT2D eigenvalue weighted by Crippen LogP contribution is 2.19. The van der Waals surface area contributed by atoms with Crippen molar-refractivity contribution in [3.63, 3.8) is 0 Å². The second-order valence-corrected chi connectivity index (χ2v) is 5.52. The van der Waals surface area contributed by atoms with Gasteiger partial charge < -0.3 is 10.2 Å². The summed E-state index contributed by atoms with van der Waals surface area (Å²) < 4.78 is 1.19. The van der Waals surface area contributed by atoms with Crippen molar-refractivity contribution in [1.82, 2.24) is 10.2 Å². The highest BCUT2D eigenvalue weighted by Gasteiger charge is 2.06. The van der Waals surface area contributed by atoms with Crippen LogP contribution < -0.4 is 5.32 Å². The van der Waals surface area contributed by atoms with Crippen LogP contribution in [0.1, 0.15) is 25.0 Å². The summed E-state index contributed by atoms with van der Waals surface area (Å²) in [5.74, 6) is 0. The maximum absolute atomic E-state index is 3.57. The zero-order valence-corrected chi connectivity index (χ0v) is 12.8. The van der Waals surface area contributed by atoms with E-state index in [0.717, 1.165) is 19.6 Å². The van der Waals surface area contributed by atoms with Gasteiger partial charge >= 0.3 is 0 Å². The molecule has 0 fully saturated rings. The standard InChI is InChI=1S/C14H23BrN2/c1-5-17(4)10-11(2)16-9-13-7-6-8-14(15)12(13)3/h6-8,11,16H,5,9-10H2,1-4H3. The summed E-state index contributed by atoms with van der Waals surface area (Å²) in [7, 11) is 2.16. The predicted octanol–water partition coefficient (Wildman–Crippen LogP) is 3.19. The lowest BCUT2D eigenvalue weighted by molar-refractivity contribution is 0.309. The zero-order chi connectivity index (χ0) is 12.8. The van der Waals surface area contributed by atoms with Crippen molar-refractivity contribution in [2.24, 2.45) is 0 Å². The molecule has 0 saturated carbocycles. The second-order valence-electron chi connectivity index (χ2n) is 4.66. The Morgan fingerprint density at radius 1 is 1.41 bits per heavy atom. The fraction of sp³-hybridized carbons (Fsp3) is 0.571. The largest absolute Gasteiger partial charge is 0.309 e. The average molecular weight is 299 g/mol. The number of likely N-dealkylation sites (N-methyl/N-ethyl adjacent to an activating group) is 1. The van der Waals surface area contributed by atoms with E-state index in [-0.39, 0.29) is 0 Å². The van der Waals surface area contributed by atoms with E-state index >= 15 is 0 Å². The van der Waals surface area contributed by atoms with Crippen LogP contribution in [0, 0.1) is 6.92 Å². The van der Waals surface area contributed by atoms with Gasteiger partial charge in [0.1, 0.15) is 0 Å². The molecular weight excluding hydrogens is 276 g/mol. The number of halogens is 1. The number of rotatable bonds is 6. The molecule has 0 aromatic heterocycles. The highest BCUT2D eigenvalue weighted by molar-refractivity contribution is 9.10. The first-order valence-electron chi connectivity index (χ1n) is 6.20. The van der Waals surface area contributed by atoms with E-state index < -0.39 is 0 Å². The van der Waals surface area contributed by atoms with E-state index in [1.807, 2.05) is 0 Å². The van der Waals surface area contributed by atoms with E-state index in [9.17, 15) is 0 Å². The van der Waals surface area contributed by atoms with E-state index in [0.29, 0.717) is 6.04 Å². The van der Waals surface area contributed by atoms with Gasteiger partial charge in [0.2, 0.25) is 0 Å². The Labute approximate surface area is 114 Å². The topological polar surface area (TPSA) is 15.3 Å². The lowest BCUT2D eigenvalue weighted by atomic mass is 10.1. The first-order valence-corrected chi connectivity index (χ1v) is 6.99.